The number of unbranched alkanes of at least 4 members (excludes halogenated alkanes) is 12. The number of aliphatic carboxylic acids is 1. The Balaban J connectivity index is 4.40. The SMILES string of the molecule is CCCCC/C=C\C/C=C\CCCCCCCC(=O)OC(COCCC(C(=O)O)[N+](C)(C)C)COC(=O)CCCCCCC. The maximum Gasteiger partial charge on any atom is 0.362 e. The van der Waals surface area contributed by atoms with E-state index in [1.807, 2.05) is 21.1 Å². The molecule has 0 aliphatic carbocycles. The summed E-state index contributed by atoms with van der Waals surface area (Å²) in [5.41, 5.74) is 0. The number of carboxylic acid groups (broad SMARTS) is 1. The van der Waals surface area contributed by atoms with Crippen molar-refractivity contribution in [3.63, 3.8) is 0 Å². The van der Waals surface area contributed by atoms with Crippen LogP contribution in [-0.2, 0) is 28.6 Å². The van der Waals surface area contributed by atoms with Gasteiger partial charge in [0.15, 0.2) is 12.1 Å². The lowest BCUT2D eigenvalue weighted by Gasteiger charge is -2.31. The van der Waals surface area contributed by atoms with Crippen LogP contribution in [0.4, 0.5) is 0 Å². The van der Waals surface area contributed by atoms with Gasteiger partial charge in [0.05, 0.1) is 34.4 Å². The molecule has 0 aromatic rings. The molecule has 0 bridgehead atoms. The Morgan fingerprint density at radius 2 is 1.20 bits per heavy atom. The lowest BCUT2D eigenvalue weighted by Crippen LogP contribution is -2.50. The summed E-state index contributed by atoms with van der Waals surface area (Å²) in [5.74, 6) is -1.50. The molecule has 0 saturated carbocycles. The van der Waals surface area contributed by atoms with Crippen LogP contribution in [0.25, 0.3) is 0 Å². The minimum absolute atomic E-state index is 0.0562. The fourth-order valence-corrected chi connectivity index (χ4v) is 4.82. The van der Waals surface area contributed by atoms with Crippen molar-refractivity contribution in [3.05, 3.63) is 24.3 Å². The highest BCUT2D eigenvalue weighted by Crippen LogP contribution is 2.12. The second kappa shape index (κ2) is 28.3. The molecule has 44 heavy (non-hydrogen) atoms. The summed E-state index contributed by atoms with van der Waals surface area (Å²) in [7, 11) is 5.49. The highest BCUT2D eigenvalue weighted by Gasteiger charge is 2.31. The molecular weight excluding hydrogens is 558 g/mol. The van der Waals surface area contributed by atoms with Gasteiger partial charge >= 0.3 is 17.9 Å². The van der Waals surface area contributed by atoms with Crippen LogP contribution in [0.3, 0.4) is 0 Å². The zero-order valence-electron chi connectivity index (χ0n) is 28.9. The number of nitrogens with zero attached hydrogens (tertiary/aromatic N) is 1. The number of hydrogen-bond acceptors (Lipinski definition) is 6. The van der Waals surface area contributed by atoms with E-state index in [9.17, 15) is 19.5 Å². The van der Waals surface area contributed by atoms with Crippen molar-refractivity contribution in [2.75, 3.05) is 41.0 Å². The van der Waals surface area contributed by atoms with Crippen LogP contribution >= 0.6 is 0 Å². The molecule has 0 aromatic carbocycles. The molecule has 8 heteroatoms. The van der Waals surface area contributed by atoms with Crippen LogP contribution < -0.4 is 0 Å². The van der Waals surface area contributed by atoms with E-state index in [2.05, 4.69) is 38.2 Å². The number of allylic oxidation sites excluding steroid dienone is 4. The number of esters is 2. The van der Waals surface area contributed by atoms with Gasteiger partial charge in [-0.2, -0.15) is 0 Å². The number of carbonyl (C=O) groups excluding carboxylic acids is 2. The lowest BCUT2D eigenvalue weighted by molar-refractivity contribution is -0.887. The number of likely N-dealkylation sites (N-methyl/N-ethyl adjacent to an activating group) is 1. The van der Waals surface area contributed by atoms with Crippen LogP contribution in [-0.4, -0.2) is 80.6 Å². The van der Waals surface area contributed by atoms with Crippen molar-refractivity contribution in [2.24, 2.45) is 0 Å². The molecule has 0 radical (unpaired) electrons. The topological polar surface area (TPSA) is 99.1 Å². The number of quaternary nitrogens is 1. The smallest absolute Gasteiger partial charge is 0.362 e. The molecule has 0 amide bonds. The van der Waals surface area contributed by atoms with E-state index in [4.69, 9.17) is 14.2 Å². The first-order chi connectivity index (χ1) is 21.1. The van der Waals surface area contributed by atoms with E-state index in [-0.39, 0.29) is 36.2 Å². The highest BCUT2D eigenvalue weighted by atomic mass is 16.6. The summed E-state index contributed by atoms with van der Waals surface area (Å²) in [6, 6.07) is -0.611. The van der Waals surface area contributed by atoms with Gasteiger partial charge in [-0.15, -0.1) is 0 Å². The van der Waals surface area contributed by atoms with E-state index in [0.29, 0.717) is 19.3 Å². The Kier molecular flexibility index (Phi) is 26.9. The molecule has 0 aliphatic heterocycles. The van der Waals surface area contributed by atoms with E-state index in [1.54, 1.807) is 0 Å². The molecule has 0 spiro atoms. The number of rotatable bonds is 30. The first-order valence-electron chi connectivity index (χ1n) is 17.4. The molecular formula is C36H66NO7+. The van der Waals surface area contributed by atoms with Gasteiger partial charge in [0.25, 0.3) is 0 Å². The summed E-state index contributed by atoms with van der Waals surface area (Å²) in [6.45, 7) is 4.58. The molecule has 0 rings (SSSR count). The molecule has 0 aromatic heterocycles. The summed E-state index contributed by atoms with van der Waals surface area (Å²) in [6.07, 6.45) is 26.8. The Labute approximate surface area is 269 Å². The second-order valence-corrected chi connectivity index (χ2v) is 12.8. The Morgan fingerprint density at radius 1 is 0.682 bits per heavy atom. The van der Waals surface area contributed by atoms with E-state index in [0.717, 1.165) is 77.0 Å². The minimum Gasteiger partial charge on any atom is -0.477 e. The summed E-state index contributed by atoms with van der Waals surface area (Å²) in [4.78, 5) is 36.4. The predicted molar refractivity (Wildman–Crippen MR) is 178 cm³/mol. The van der Waals surface area contributed by atoms with Gasteiger partial charge < -0.3 is 23.8 Å². The van der Waals surface area contributed by atoms with Crippen LogP contribution in [0.2, 0.25) is 0 Å². The van der Waals surface area contributed by atoms with E-state index >= 15 is 0 Å². The zero-order chi connectivity index (χ0) is 32.9. The van der Waals surface area contributed by atoms with Crippen LogP contribution in [0.1, 0.15) is 136 Å². The fourth-order valence-electron chi connectivity index (χ4n) is 4.82. The van der Waals surface area contributed by atoms with Gasteiger partial charge in [-0.3, -0.25) is 9.59 Å². The maximum absolute atomic E-state index is 12.6. The average molecular weight is 625 g/mol. The zero-order valence-corrected chi connectivity index (χ0v) is 28.9. The van der Waals surface area contributed by atoms with E-state index in [1.165, 1.54) is 25.7 Å². The number of hydrogen-bond donors (Lipinski definition) is 1. The molecule has 256 valence electrons. The molecule has 1 N–H and O–H groups in total. The third kappa shape index (κ3) is 26.2. The average Bonchev–Trinajstić information content (AvgIpc) is 2.96. The lowest BCUT2D eigenvalue weighted by atomic mass is 10.1. The quantitative estimate of drug-likeness (QED) is 0.0372. The highest BCUT2D eigenvalue weighted by molar-refractivity contribution is 5.72. The largest absolute Gasteiger partial charge is 0.477 e. The van der Waals surface area contributed by atoms with Crippen LogP contribution in [0.15, 0.2) is 24.3 Å². The van der Waals surface area contributed by atoms with Crippen molar-refractivity contribution < 1.29 is 38.2 Å². The first kappa shape index (κ1) is 41.8. The third-order valence-electron chi connectivity index (χ3n) is 7.60. The Morgan fingerprint density at radius 3 is 1.80 bits per heavy atom. The van der Waals surface area contributed by atoms with Gasteiger partial charge in [-0.25, -0.2) is 4.79 Å². The number of carbonyl (C=O) groups is 3. The minimum atomic E-state index is -0.880. The number of carboxylic acids is 1. The molecule has 2 unspecified atom stereocenters. The molecule has 8 nitrogen and oxygen atoms in total. The Bertz CT molecular complexity index is 788. The van der Waals surface area contributed by atoms with Gasteiger partial charge in [0.1, 0.15) is 6.61 Å². The standard InChI is InChI=1S/C36H65NO7/c1-6-8-10-12-13-14-15-16-17-18-19-20-21-23-25-27-35(39)44-32(31-43-34(38)26-24-22-11-9-7-2)30-42-29-28-33(36(40)41)37(3,4)5/h13-14,16-17,32-33H,6-12,15,18-31H2,1-5H3/p+1/b14-13-,17-16-. The van der Waals surface area contributed by atoms with Gasteiger partial charge in [0, 0.05) is 19.3 Å². The van der Waals surface area contributed by atoms with Crippen molar-refractivity contribution in [2.45, 2.75) is 148 Å². The summed E-state index contributed by atoms with van der Waals surface area (Å²) < 4.78 is 17.0. The molecule has 0 saturated heterocycles. The normalized spacial score (nSPS) is 13.4. The monoisotopic (exact) mass is 624 g/mol. The Hall–Kier alpha value is -2.19. The number of ether oxygens (including phenoxy) is 3. The first-order valence-corrected chi connectivity index (χ1v) is 17.4. The predicted octanol–water partition coefficient (Wildman–Crippen LogP) is 8.18. The third-order valence-corrected chi connectivity index (χ3v) is 7.60. The van der Waals surface area contributed by atoms with Crippen LogP contribution in [0.5, 0.6) is 0 Å². The molecule has 2 atom stereocenters. The molecule has 0 aliphatic rings. The van der Waals surface area contributed by atoms with Crippen molar-refractivity contribution in [1.29, 1.82) is 0 Å². The van der Waals surface area contributed by atoms with E-state index < -0.39 is 18.1 Å². The van der Waals surface area contributed by atoms with Crippen molar-refractivity contribution in [1.82, 2.24) is 0 Å². The molecule has 0 heterocycles. The van der Waals surface area contributed by atoms with Gasteiger partial charge in [-0.1, -0.05) is 95.9 Å². The van der Waals surface area contributed by atoms with Gasteiger partial charge in [0.2, 0.25) is 0 Å². The van der Waals surface area contributed by atoms with Crippen molar-refractivity contribution in [3.8, 4) is 0 Å². The fraction of sp³-hybridized carbons (Fsp3) is 0.806. The second-order valence-electron chi connectivity index (χ2n) is 12.8. The maximum atomic E-state index is 12.6. The van der Waals surface area contributed by atoms with Crippen molar-refractivity contribution >= 4 is 17.9 Å². The molecule has 0 fully saturated rings. The van der Waals surface area contributed by atoms with Gasteiger partial charge in [-0.05, 0) is 44.9 Å². The van der Waals surface area contributed by atoms with Crippen LogP contribution in [0, 0.1) is 0 Å². The summed E-state index contributed by atoms with van der Waals surface area (Å²) in [5, 5.41) is 9.53. The summed E-state index contributed by atoms with van der Waals surface area (Å²) >= 11 is 0.